The van der Waals surface area contributed by atoms with Crippen molar-refractivity contribution < 1.29 is 18.7 Å². The average Bonchev–Trinajstić information content (AvgIpc) is 2.75. The molecule has 0 spiro atoms. The van der Waals surface area contributed by atoms with Crippen LogP contribution in [-0.2, 0) is 9.53 Å². The van der Waals surface area contributed by atoms with Gasteiger partial charge in [0.15, 0.2) is 5.78 Å². The van der Waals surface area contributed by atoms with E-state index in [1.54, 1.807) is 20.8 Å². The molecule has 100 valence electrons. The molecule has 0 amide bonds. The zero-order valence-electron chi connectivity index (χ0n) is 11.3. The summed E-state index contributed by atoms with van der Waals surface area (Å²) in [5, 5.41) is 8.97. The predicted molar refractivity (Wildman–Crippen MR) is 68.2 cm³/mol. The first-order valence-corrected chi connectivity index (χ1v) is 5.75. The molecule has 0 aliphatic heterocycles. The number of aryl methyl sites for hydroxylation is 1. The molecule has 5 heteroatoms. The zero-order chi connectivity index (χ0) is 14.6. The fraction of sp³-hybridized carbons (Fsp3) is 0.357. The maximum atomic E-state index is 11.7. The summed E-state index contributed by atoms with van der Waals surface area (Å²) in [4.78, 5) is 23.1. The van der Waals surface area contributed by atoms with Gasteiger partial charge in [0.05, 0.1) is 12.7 Å². The molecular formula is C14H15NO4. The van der Waals surface area contributed by atoms with Gasteiger partial charge >= 0.3 is 5.97 Å². The van der Waals surface area contributed by atoms with Crippen molar-refractivity contribution >= 4 is 17.8 Å². The van der Waals surface area contributed by atoms with Crippen molar-refractivity contribution in [3.05, 3.63) is 28.7 Å². The van der Waals surface area contributed by atoms with Crippen molar-refractivity contribution in [2.24, 2.45) is 5.92 Å². The second-order valence-electron chi connectivity index (χ2n) is 4.30. The van der Waals surface area contributed by atoms with Crippen molar-refractivity contribution in [1.82, 2.24) is 0 Å². The lowest BCUT2D eigenvalue weighted by Gasteiger charge is -2.00. The Morgan fingerprint density at radius 3 is 2.58 bits per heavy atom. The van der Waals surface area contributed by atoms with E-state index < -0.39 is 5.97 Å². The second kappa shape index (κ2) is 6.01. The highest BCUT2D eigenvalue weighted by Gasteiger charge is 2.17. The van der Waals surface area contributed by atoms with Crippen LogP contribution < -0.4 is 0 Å². The van der Waals surface area contributed by atoms with E-state index in [1.807, 2.05) is 6.07 Å². The molecule has 0 aromatic carbocycles. The Hall–Kier alpha value is -2.35. The molecule has 0 atom stereocenters. The minimum Gasteiger partial charge on any atom is -0.465 e. The number of hydrogen-bond acceptors (Lipinski definition) is 5. The summed E-state index contributed by atoms with van der Waals surface area (Å²) in [5.74, 6) is -0.399. The fourth-order valence-corrected chi connectivity index (χ4v) is 1.50. The van der Waals surface area contributed by atoms with Gasteiger partial charge in [-0.15, -0.1) is 0 Å². The SMILES string of the molecule is COC(=O)c1cc(/C=C(/C#N)C(=O)C(C)C)oc1C. The van der Waals surface area contributed by atoms with Crippen LogP contribution in [0, 0.1) is 24.2 Å². The number of ketones is 1. The highest BCUT2D eigenvalue weighted by molar-refractivity contribution is 6.04. The molecule has 0 radical (unpaired) electrons. The van der Waals surface area contributed by atoms with E-state index in [0.29, 0.717) is 5.76 Å². The fourth-order valence-electron chi connectivity index (χ4n) is 1.50. The third-order valence-corrected chi connectivity index (χ3v) is 2.54. The first-order valence-electron chi connectivity index (χ1n) is 5.75. The summed E-state index contributed by atoms with van der Waals surface area (Å²) in [6.07, 6.45) is 1.34. The van der Waals surface area contributed by atoms with Crippen LogP contribution in [0.5, 0.6) is 0 Å². The molecule has 0 saturated heterocycles. The number of carbonyl (C=O) groups is 2. The Labute approximate surface area is 111 Å². The summed E-state index contributed by atoms with van der Waals surface area (Å²) in [6.45, 7) is 5.03. The molecule has 0 fully saturated rings. The molecule has 0 unspecified atom stereocenters. The zero-order valence-corrected chi connectivity index (χ0v) is 11.3. The molecule has 0 aliphatic carbocycles. The molecule has 0 bridgehead atoms. The Morgan fingerprint density at radius 1 is 1.47 bits per heavy atom. The van der Waals surface area contributed by atoms with Crippen LogP contribution in [0.1, 0.15) is 35.7 Å². The average molecular weight is 261 g/mol. The van der Waals surface area contributed by atoms with Crippen LogP contribution in [0.4, 0.5) is 0 Å². The molecule has 1 aromatic heterocycles. The normalized spacial score (nSPS) is 11.3. The minimum absolute atomic E-state index is 0.000154. The lowest BCUT2D eigenvalue weighted by Crippen LogP contribution is -2.08. The summed E-state index contributed by atoms with van der Waals surface area (Å²) in [7, 11) is 1.27. The van der Waals surface area contributed by atoms with Crippen molar-refractivity contribution in [2.45, 2.75) is 20.8 Å². The number of ether oxygens (including phenoxy) is 1. The van der Waals surface area contributed by atoms with Crippen LogP contribution in [0.25, 0.3) is 6.08 Å². The van der Waals surface area contributed by atoms with Gasteiger partial charge in [0.25, 0.3) is 0 Å². The number of esters is 1. The van der Waals surface area contributed by atoms with E-state index in [9.17, 15) is 9.59 Å². The Balaban J connectivity index is 3.15. The number of rotatable bonds is 4. The molecule has 0 saturated carbocycles. The summed E-state index contributed by atoms with van der Waals surface area (Å²) < 4.78 is 9.92. The van der Waals surface area contributed by atoms with E-state index >= 15 is 0 Å². The van der Waals surface area contributed by atoms with E-state index in [2.05, 4.69) is 4.74 Å². The first kappa shape index (κ1) is 14.7. The van der Waals surface area contributed by atoms with Gasteiger partial charge in [0.2, 0.25) is 0 Å². The highest BCUT2D eigenvalue weighted by Crippen LogP contribution is 2.19. The smallest absolute Gasteiger partial charge is 0.341 e. The van der Waals surface area contributed by atoms with Crippen molar-refractivity contribution in [3.63, 3.8) is 0 Å². The van der Waals surface area contributed by atoms with Gasteiger partial charge < -0.3 is 9.15 Å². The molecule has 0 aliphatic rings. The lowest BCUT2D eigenvalue weighted by atomic mass is 10.0. The van der Waals surface area contributed by atoms with Gasteiger partial charge in [-0.25, -0.2) is 4.79 Å². The number of furan rings is 1. The third-order valence-electron chi connectivity index (χ3n) is 2.54. The maximum absolute atomic E-state index is 11.7. The number of hydrogen-bond donors (Lipinski definition) is 0. The van der Waals surface area contributed by atoms with E-state index in [-0.39, 0.29) is 28.6 Å². The van der Waals surface area contributed by atoms with Crippen LogP contribution >= 0.6 is 0 Å². The highest BCUT2D eigenvalue weighted by atomic mass is 16.5. The topological polar surface area (TPSA) is 80.3 Å². The summed E-state index contributed by atoms with van der Waals surface area (Å²) >= 11 is 0. The quantitative estimate of drug-likeness (QED) is 0.472. The van der Waals surface area contributed by atoms with Crippen LogP contribution in [0.2, 0.25) is 0 Å². The third kappa shape index (κ3) is 3.32. The number of carbonyl (C=O) groups excluding carboxylic acids is 2. The molecule has 1 heterocycles. The van der Waals surface area contributed by atoms with Crippen molar-refractivity contribution in [1.29, 1.82) is 5.26 Å². The van der Waals surface area contributed by atoms with E-state index in [1.165, 1.54) is 19.3 Å². The van der Waals surface area contributed by atoms with Gasteiger partial charge in [-0.1, -0.05) is 13.8 Å². The molecule has 1 rings (SSSR count). The van der Waals surface area contributed by atoms with Crippen LogP contribution in [0.3, 0.4) is 0 Å². The van der Waals surface area contributed by atoms with Crippen LogP contribution in [0.15, 0.2) is 16.1 Å². The van der Waals surface area contributed by atoms with E-state index in [0.717, 1.165) is 0 Å². The maximum Gasteiger partial charge on any atom is 0.341 e. The van der Waals surface area contributed by atoms with Gasteiger partial charge in [-0.05, 0) is 13.0 Å². The van der Waals surface area contributed by atoms with Gasteiger partial charge in [-0.2, -0.15) is 5.26 Å². The lowest BCUT2D eigenvalue weighted by molar-refractivity contribution is -0.117. The van der Waals surface area contributed by atoms with E-state index in [4.69, 9.17) is 9.68 Å². The van der Waals surface area contributed by atoms with Crippen molar-refractivity contribution in [3.8, 4) is 6.07 Å². The Morgan fingerprint density at radius 2 is 2.11 bits per heavy atom. The van der Waals surface area contributed by atoms with Crippen molar-refractivity contribution in [2.75, 3.05) is 7.11 Å². The first-order chi connectivity index (χ1) is 8.90. The number of nitrogens with zero attached hydrogens (tertiary/aromatic N) is 1. The Bertz CT molecular complexity index is 573. The van der Waals surface area contributed by atoms with Gasteiger partial charge in [0.1, 0.15) is 23.2 Å². The number of methoxy groups -OCH3 is 1. The number of allylic oxidation sites excluding steroid dienone is 1. The Kier molecular flexibility index (Phi) is 4.65. The molecular weight excluding hydrogens is 246 g/mol. The molecule has 0 N–H and O–H groups in total. The number of nitriles is 1. The molecule has 19 heavy (non-hydrogen) atoms. The monoisotopic (exact) mass is 261 g/mol. The van der Waals surface area contributed by atoms with Crippen LogP contribution in [-0.4, -0.2) is 18.9 Å². The second-order valence-corrected chi connectivity index (χ2v) is 4.30. The molecule has 5 nitrogen and oxygen atoms in total. The molecule has 1 aromatic rings. The van der Waals surface area contributed by atoms with Gasteiger partial charge in [-0.3, -0.25) is 4.79 Å². The largest absolute Gasteiger partial charge is 0.465 e. The minimum atomic E-state index is -0.519. The van der Waals surface area contributed by atoms with Gasteiger partial charge in [0, 0.05) is 12.0 Å². The summed E-state index contributed by atoms with van der Waals surface area (Å²) in [6, 6.07) is 3.29. The summed E-state index contributed by atoms with van der Waals surface area (Å²) in [5.41, 5.74) is 0.281. The standard InChI is InChI=1S/C14H15NO4/c1-8(2)13(16)10(7-15)5-11-6-12(9(3)19-11)14(17)18-4/h5-6,8H,1-4H3/b10-5-. The predicted octanol–water partition coefficient (Wildman–Crippen LogP) is 2.51. The number of Topliss-reactive ketones (excluding diaryl/α,β-unsaturated/α-hetero) is 1.